The predicted molar refractivity (Wildman–Crippen MR) is 109 cm³/mol. The van der Waals surface area contributed by atoms with Crippen LogP contribution < -0.4 is 15.7 Å². The van der Waals surface area contributed by atoms with Crippen LogP contribution in [-0.4, -0.2) is 17.5 Å². The topological polar surface area (TPSA) is 81.4 Å². The van der Waals surface area contributed by atoms with Gasteiger partial charge in [0.2, 0.25) is 5.91 Å². The third-order valence-corrected chi connectivity index (χ3v) is 4.19. The Kier molecular flexibility index (Phi) is 5.89. The normalized spacial score (nSPS) is 10.6. The zero-order chi connectivity index (χ0) is 20.1. The number of hydrogen-bond donors (Lipinski definition) is 1. The Balaban J connectivity index is 1.84. The van der Waals surface area contributed by atoms with Gasteiger partial charge in [-0.15, -0.1) is 0 Å². The standard InChI is InChI=1S/C22H22N2O4/c1-14(2)13-27-19-12-20-18(15(3)10-22(26)28-20)11-16(19)4-5-21(25)24-17-6-8-23-9-7-17/h6-12H,1,4-5,13H2,2-3H3,(H,23,24,25). The molecule has 1 N–H and O–H groups in total. The molecular weight excluding hydrogens is 356 g/mol. The van der Waals surface area contributed by atoms with Gasteiger partial charge in [-0.25, -0.2) is 4.79 Å². The van der Waals surface area contributed by atoms with Gasteiger partial charge in [0.15, 0.2) is 0 Å². The maximum absolute atomic E-state index is 12.3. The minimum atomic E-state index is -0.402. The molecule has 0 aliphatic heterocycles. The lowest BCUT2D eigenvalue weighted by atomic mass is 10.0. The molecule has 0 radical (unpaired) electrons. The summed E-state index contributed by atoms with van der Waals surface area (Å²) in [4.78, 5) is 27.9. The molecule has 2 heterocycles. The molecule has 0 aliphatic carbocycles. The Hall–Kier alpha value is -3.41. The first kappa shape index (κ1) is 19.4. The van der Waals surface area contributed by atoms with E-state index in [4.69, 9.17) is 9.15 Å². The van der Waals surface area contributed by atoms with E-state index in [1.807, 2.05) is 19.9 Å². The Morgan fingerprint density at radius 2 is 2.00 bits per heavy atom. The summed E-state index contributed by atoms with van der Waals surface area (Å²) in [5, 5.41) is 3.67. The second kappa shape index (κ2) is 8.52. The van der Waals surface area contributed by atoms with Crippen LogP contribution in [0.5, 0.6) is 5.75 Å². The molecule has 0 saturated carbocycles. The number of benzene rings is 1. The van der Waals surface area contributed by atoms with Crippen molar-refractivity contribution in [2.45, 2.75) is 26.7 Å². The van der Waals surface area contributed by atoms with Gasteiger partial charge in [-0.05, 0) is 55.2 Å². The lowest BCUT2D eigenvalue weighted by Gasteiger charge is -2.13. The molecular formula is C22H22N2O4. The largest absolute Gasteiger partial charge is 0.489 e. The van der Waals surface area contributed by atoms with E-state index in [0.717, 1.165) is 22.1 Å². The molecule has 0 fully saturated rings. The second-order valence-electron chi connectivity index (χ2n) is 6.73. The average Bonchev–Trinajstić information content (AvgIpc) is 2.65. The van der Waals surface area contributed by atoms with Crippen molar-refractivity contribution in [3.05, 3.63) is 76.4 Å². The number of pyridine rings is 1. The van der Waals surface area contributed by atoms with Crippen LogP contribution in [0.15, 0.2) is 64.1 Å². The smallest absolute Gasteiger partial charge is 0.336 e. The minimum absolute atomic E-state index is 0.103. The second-order valence-corrected chi connectivity index (χ2v) is 6.73. The van der Waals surface area contributed by atoms with Gasteiger partial charge >= 0.3 is 5.63 Å². The Bertz CT molecular complexity index is 1070. The molecule has 1 aromatic carbocycles. The third kappa shape index (κ3) is 4.85. The lowest BCUT2D eigenvalue weighted by Crippen LogP contribution is -2.13. The number of hydrogen-bond acceptors (Lipinski definition) is 5. The molecule has 28 heavy (non-hydrogen) atoms. The van der Waals surface area contributed by atoms with Crippen molar-refractivity contribution in [3.63, 3.8) is 0 Å². The number of rotatable bonds is 7. The van der Waals surface area contributed by atoms with Crippen LogP contribution in [0.3, 0.4) is 0 Å². The Morgan fingerprint density at radius 1 is 1.25 bits per heavy atom. The summed E-state index contributed by atoms with van der Waals surface area (Å²) >= 11 is 0. The van der Waals surface area contributed by atoms with Gasteiger partial charge in [0.1, 0.15) is 17.9 Å². The number of amides is 1. The van der Waals surface area contributed by atoms with Crippen molar-refractivity contribution in [3.8, 4) is 5.75 Å². The van der Waals surface area contributed by atoms with Crippen LogP contribution in [0, 0.1) is 6.92 Å². The molecule has 0 saturated heterocycles. The summed E-state index contributed by atoms with van der Waals surface area (Å²) in [5.74, 6) is 0.481. The molecule has 0 aliphatic rings. The summed E-state index contributed by atoms with van der Waals surface area (Å²) in [6.07, 6.45) is 4.02. The van der Waals surface area contributed by atoms with Gasteiger partial charge < -0.3 is 14.5 Å². The number of aryl methyl sites for hydroxylation is 2. The number of ether oxygens (including phenoxy) is 1. The highest BCUT2D eigenvalue weighted by Crippen LogP contribution is 2.28. The molecule has 6 nitrogen and oxygen atoms in total. The first-order valence-electron chi connectivity index (χ1n) is 8.97. The van der Waals surface area contributed by atoms with E-state index >= 15 is 0 Å². The molecule has 0 unspecified atom stereocenters. The molecule has 3 aromatic rings. The van der Waals surface area contributed by atoms with Crippen LogP contribution in [-0.2, 0) is 11.2 Å². The van der Waals surface area contributed by atoms with Gasteiger partial charge in [0.05, 0.1) is 0 Å². The van der Waals surface area contributed by atoms with Crippen LogP contribution >= 0.6 is 0 Å². The van der Waals surface area contributed by atoms with E-state index in [1.165, 1.54) is 6.07 Å². The maximum atomic E-state index is 12.3. The van der Waals surface area contributed by atoms with Crippen molar-refractivity contribution < 1.29 is 13.9 Å². The van der Waals surface area contributed by atoms with Crippen molar-refractivity contribution in [2.75, 3.05) is 11.9 Å². The average molecular weight is 378 g/mol. The van der Waals surface area contributed by atoms with Crippen molar-refractivity contribution in [1.82, 2.24) is 4.98 Å². The summed E-state index contributed by atoms with van der Waals surface area (Å²) < 4.78 is 11.1. The van der Waals surface area contributed by atoms with Gasteiger partial charge in [-0.2, -0.15) is 0 Å². The zero-order valence-corrected chi connectivity index (χ0v) is 16.0. The van der Waals surface area contributed by atoms with Crippen molar-refractivity contribution >= 4 is 22.6 Å². The van der Waals surface area contributed by atoms with Gasteiger partial charge in [-0.1, -0.05) is 6.58 Å². The van der Waals surface area contributed by atoms with Gasteiger partial charge in [0, 0.05) is 42.0 Å². The number of anilines is 1. The van der Waals surface area contributed by atoms with Crippen molar-refractivity contribution in [1.29, 1.82) is 0 Å². The summed E-state index contributed by atoms with van der Waals surface area (Å²) in [5.41, 5.74) is 3.32. The number of nitrogens with zero attached hydrogens (tertiary/aromatic N) is 1. The predicted octanol–water partition coefficient (Wildman–Crippen LogP) is 4.02. The lowest BCUT2D eigenvalue weighted by molar-refractivity contribution is -0.116. The van der Waals surface area contributed by atoms with Crippen LogP contribution in [0.4, 0.5) is 5.69 Å². The van der Waals surface area contributed by atoms with Gasteiger partial charge in [-0.3, -0.25) is 9.78 Å². The van der Waals surface area contributed by atoms with E-state index in [0.29, 0.717) is 30.0 Å². The highest BCUT2D eigenvalue weighted by molar-refractivity contribution is 5.91. The number of fused-ring (bicyclic) bond motifs is 1. The maximum Gasteiger partial charge on any atom is 0.336 e. The quantitative estimate of drug-likeness (QED) is 0.496. The molecule has 0 atom stereocenters. The summed E-state index contributed by atoms with van der Waals surface area (Å²) in [6, 6.07) is 8.56. The highest BCUT2D eigenvalue weighted by Gasteiger charge is 2.13. The third-order valence-electron chi connectivity index (χ3n) is 4.19. The first-order valence-corrected chi connectivity index (χ1v) is 8.97. The van der Waals surface area contributed by atoms with Gasteiger partial charge in [0.25, 0.3) is 0 Å². The summed E-state index contributed by atoms with van der Waals surface area (Å²) in [6.45, 7) is 7.91. The van der Waals surface area contributed by atoms with E-state index in [-0.39, 0.29) is 12.3 Å². The summed E-state index contributed by atoms with van der Waals surface area (Å²) in [7, 11) is 0. The molecule has 6 heteroatoms. The molecule has 144 valence electrons. The van der Waals surface area contributed by atoms with E-state index < -0.39 is 5.63 Å². The SMILES string of the molecule is C=C(C)COc1cc2oc(=O)cc(C)c2cc1CCC(=O)Nc1ccncc1. The van der Waals surface area contributed by atoms with Crippen LogP contribution in [0.2, 0.25) is 0 Å². The van der Waals surface area contributed by atoms with E-state index in [9.17, 15) is 9.59 Å². The zero-order valence-electron chi connectivity index (χ0n) is 16.0. The van der Waals surface area contributed by atoms with Crippen molar-refractivity contribution in [2.24, 2.45) is 0 Å². The monoisotopic (exact) mass is 378 g/mol. The first-order chi connectivity index (χ1) is 13.4. The van der Waals surface area contributed by atoms with E-state index in [2.05, 4.69) is 16.9 Å². The van der Waals surface area contributed by atoms with Crippen LogP contribution in [0.25, 0.3) is 11.0 Å². The highest BCUT2D eigenvalue weighted by atomic mass is 16.5. The fourth-order valence-electron chi connectivity index (χ4n) is 2.83. The number of nitrogens with one attached hydrogen (secondary N) is 1. The number of carbonyl (C=O) groups excluding carboxylic acids is 1. The molecule has 3 rings (SSSR count). The molecule has 0 bridgehead atoms. The number of carbonyl (C=O) groups is 1. The Morgan fingerprint density at radius 3 is 2.71 bits per heavy atom. The minimum Gasteiger partial charge on any atom is -0.489 e. The number of aromatic nitrogens is 1. The molecule has 1 amide bonds. The molecule has 0 spiro atoms. The Labute approximate surface area is 162 Å². The fourth-order valence-corrected chi connectivity index (χ4v) is 2.83. The fraction of sp³-hybridized carbons (Fsp3) is 0.227. The molecule has 2 aromatic heterocycles. The van der Waals surface area contributed by atoms with Crippen LogP contribution in [0.1, 0.15) is 24.5 Å². The van der Waals surface area contributed by atoms with E-state index in [1.54, 1.807) is 30.6 Å².